The molecule has 10 heavy (non-hydrogen) atoms. The van der Waals surface area contributed by atoms with Gasteiger partial charge >= 0.3 is 0 Å². The first-order valence-electron chi connectivity index (χ1n) is 2.80. The Morgan fingerprint density at radius 1 is 1.70 bits per heavy atom. The lowest BCUT2D eigenvalue weighted by Gasteiger charge is -1.93. The summed E-state index contributed by atoms with van der Waals surface area (Å²) in [5, 5.41) is 17.2. The van der Waals surface area contributed by atoms with Gasteiger partial charge in [-0.2, -0.15) is 5.26 Å². The topological polar surface area (TPSA) is 44.0 Å². The molecular formula is C8H9NO. The zero-order chi connectivity index (χ0) is 7.98. The van der Waals surface area contributed by atoms with Gasteiger partial charge in [0.25, 0.3) is 0 Å². The van der Waals surface area contributed by atoms with Gasteiger partial charge in [-0.3, -0.25) is 0 Å². The van der Waals surface area contributed by atoms with Crippen molar-refractivity contribution in [3.05, 3.63) is 36.1 Å². The Morgan fingerprint density at radius 2 is 2.30 bits per heavy atom. The number of hydrogen-bond acceptors (Lipinski definition) is 2. The summed E-state index contributed by atoms with van der Waals surface area (Å²) in [5.41, 5.74) is 0.544. The molecule has 0 unspecified atom stereocenters. The Labute approximate surface area is 60.4 Å². The number of nitrogens with zero attached hydrogens (tertiary/aromatic N) is 1. The third kappa shape index (κ3) is 2.73. The summed E-state index contributed by atoms with van der Waals surface area (Å²) in [6.07, 6.45) is 4.17. The number of rotatable bonds is 2. The molecule has 0 saturated heterocycles. The van der Waals surface area contributed by atoms with E-state index in [0.29, 0.717) is 5.57 Å². The van der Waals surface area contributed by atoms with Crippen LogP contribution in [0.4, 0.5) is 0 Å². The molecule has 0 fully saturated rings. The zero-order valence-corrected chi connectivity index (χ0v) is 5.83. The fourth-order valence-electron chi connectivity index (χ4n) is 0.414. The van der Waals surface area contributed by atoms with Crippen molar-refractivity contribution >= 4 is 0 Å². The third-order valence-electron chi connectivity index (χ3n) is 0.961. The molecule has 1 N–H and O–H groups in total. The van der Waals surface area contributed by atoms with Gasteiger partial charge in [0.15, 0.2) is 0 Å². The number of nitriles is 1. The van der Waals surface area contributed by atoms with Crippen molar-refractivity contribution < 1.29 is 5.11 Å². The van der Waals surface area contributed by atoms with E-state index in [1.807, 2.05) is 6.07 Å². The maximum absolute atomic E-state index is 9.02. The standard InChI is InChI=1S/C8H9NO/c1-3-4-8(10)7(2)5-6-9/h3-5,10H,1H2,2H3/b7-5-,8-4-. The Hall–Kier alpha value is -1.49. The van der Waals surface area contributed by atoms with Crippen LogP contribution in [0, 0.1) is 11.3 Å². The fourth-order valence-corrected chi connectivity index (χ4v) is 0.414. The van der Waals surface area contributed by atoms with Gasteiger partial charge in [-0.15, -0.1) is 0 Å². The highest BCUT2D eigenvalue weighted by atomic mass is 16.3. The molecule has 0 aliphatic heterocycles. The Kier molecular flexibility index (Phi) is 3.74. The summed E-state index contributed by atoms with van der Waals surface area (Å²) in [6.45, 7) is 5.05. The largest absolute Gasteiger partial charge is 0.508 e. The molecule has 0 aromatic rings. The van der Waals surface area contributed by atoms with Gasteiger partial charge in [-0.05, 0) is 13.0 Å². The smallest absolute Gasteiger partial charge is 0.119 e. The van der Waals surface area contributed by atoms with Crippen molar-refractivity contribution in [1.82, 2.24) is 0 Å². The summed E-state index contributed by atoms with van der Waals surface area (Å²) in [7, 11) is 0. The van der Waals surface area contributed by atoms with Gasteiger partial charge in [-0.25, -0.2) is 0 Å². The molecule has 0 aromatic carbocycles. The fraction of sp³-hybridized carbons (Fsp3) is 0.125. The van der Waals surface area contributed by atoms with Crippen molar-refractivity contribution in [3.8, 4) is 6.07 Å². The highest BCUT2D eigenvalue weighted by molar-refractivity contribution is 5.29. The Bertz CT molecular complexity index is 218. The van der Waals surface area contributed by atoms with E-state index in [-0.39, 0.29) is 5.76 Å². The van der Waals surface area contributed by atoms with Gasteiger partial charge in [-0.1, -0.05) is 12.7 Å². The van der Waals surface area contributed by atoms with Crippen LogP contribution in [-0.4, -0.2) is 5.11 Å². The van der Waals surface area contributed by atoms with E-state index in [1.165, 1.54) is 18.2 Å². The van der Waals surface area contributed by atoms with Gasteiger partial charge in [0.05, 0.1) is 6.07 Å². The Balaban J connectivity index is 4.38. The summed E-state index contributed by atoms with van der Waals surface area (Å²) < 4.78 is 0. The first-order chi connectivity index (χ1) is 4.72. The van der Waals surface area contributed by atoms with E-state index in [2.05, 4.69) is 6.58 Å². The van der Waals surface area contributed by atoms with E-state index < -0.39 is 0 Å². The van der Waals surface area contributed by atoms with Crippen molar-refractivity contribution in [2.45, 2.75) is 6.92 Å². The van der Waals surface area contributed by atoms with E-state index in [4.69, 9.17) is 10.4 Å². The molecule has 0 saturated carbocycles. The van der Waals surface area contributed by atoms with Crippen LogP contribution in [-0.2, 0) is 0 Å². The maximum atomic E-state index is 9.02. The van der Waals surface area contributed by atoms with Crippen LogP contribution in [0.3, 0.4) is 0 Å². The van der Waals surface area contributed by atoms with E-state index in [9.17, 15) is 0 Å². The molecule has 52 valence electrons. The third-order valence-corrected chi connectivity index (χ3v) is 0.961. The molecular weight excluding hydrogens is 126 g/mol. The normalized spacial score (nSPS) is 12.4. The van der Waals surface area contributed by atoms with Crippen molar-refractivity contribution in [2.75, 3.05) is 0 Å². The van der Waals surface area contributed by atoms with Gasteiger partial charge in [0, 0.05) is 11.6 Å². The summed E-state index contributed by atoms with van der Waals surface area (Å²) in [6, 6.07) is 1.81. The lowest BCUT2D eigenvalue weighted by atomic mass is 10.2. The lowest BCUT2D eigenvalue weighted by molar-refractivity contribution is 0.424. The molecule has 0 amide bonds. The molecule has 2 heteroatoms. The first-order valence-corrected chi connectivity index (χ1v) is 2.80. The predicted octanol–water partition coefficient (Wildman–Crippen LogP) is 2.08. The van der Waals surface area contributed by atoms with Crippen LogP contribution in [0.2, 0.25) is 0 Å². The second kappa shape index (κ2) is 4.39. The molecule has 0 heterocycles. The SMILES string of the molecule is C=C/C=C(O)/C(C)=C\C#N. The highest BCUT2D eigenvalue weighted by Crippen LogP contribution is 2.03. The number of aliphatic hydroxyl groups excluding tert-OH is 1. The molecule has 0 bridgehead atoms. The van der Waals surface area contributed by atoms with Crippen LogP contribution in [0.15, 0.2) is 36.1 Å². The molecule has 0 atom stereocenters. The molecule has 0 spiro atoms. The predicted molar refractivity (Wildman–Crippen MR) is 40.3 cm³/mol. The molecule has 0 aliphatic rings. The minimum Gasteiger partial charge on any atom is -0.508 e. The van der Waals surface area contributed by atoms with Gasteiger partial charge in [0.1, 0.15) is 5.76 Å². The average molecular weight is 135 g/mol. The van der Waals surface area contributed by atoms with Crippen LogP contribution in [0.5, 0.6) is 0 Å². The minimum absolute atomic E-state index is 0.0801. The highest BCUT2D eigenvalue weighted by Gasteiger charge is 1.91. The molecule has 0 radical (unpaired) electrons. The number of aliphatic hydroxyl groups is 1. The van der Waals surface area contributed by atoms with E-state index >= 15 is 0 Å². The van der Waals surface area contributed by atoms with Gasteiger partial charge in [0.2, 0.25) is 0 Å². The maximum Gasteiger partial charge on any atom is 0.119 e. The van der Waals surface area contributed by atoms with Crippen LogP contribution < -0.4 is 0 Å². The molecule has 0 rings (SSSR count). The van der Waals surface area contributed by atoms with Crippen molar-refractivity contribution in [2.24, 2.45) is 0 Å². The van der Waals surface area contributed by atoms with Gasteiger partial charge < -0.3 is 5.11 Å². The van der Waals surface area contributed by atoms with Crippen molar-refractivity contribution in [1.29, 1.82) is 5.26 Å². The minimum atomic E-state index is 0.0801. The van der Waals surface area contributed by atoms with Crippen LogP contribution >= 0.6 is 0 Å². The molecule has 0 aromatic heterocycles. The quantitative estimate of drug-likeness (QED) is 0.358. The van der Waals surface area contributed by atoms with E-state index in [1.54, 1.807) is 6.92 Å². The van der Waals surface area contributed by atoms with Crippen LogP contribution in [0.1, 0.15) is 6.92 Å². The van der Waals surface area contributed by atoms with Crippen LogP contribution in [0.25, 0.3) is 0 Å². The average Bonchev–Trinajstić information content (AvgIpc) is 1.89. The second-order valence-corrected chi connectivity index (χ2v) is 1.74. The lowest BCUT2D eigenvalue weighted by Crippen LogP contribution is -1.80. The zero-order valence-electron chi connectivity index (χ0n) is 5.83. The molecule has 2 nitrogen and oxygen atoms in total. The summed E-state index contributed by atoms with van der Waals surface area (Å²) in [4.78, 5) is 0. The second-order valence-electron chi connectivity index (χ2n) is 1.74. The summed E-state index contributed by atoms with van der Waals surface area (Å²) in [5.74, 6) is 0.0801. The summed E-state index contributed by atoms with van der Waals surface area (Å²) >= 11 is 0. The molecule has 0 aliphatic carbocycles. The monoisotopic (exact) mass is 135 g/mol. The Morgan fingerprint density at radius 3 is 2.70 bits per heavy atom. The van der Waals surface area contributed by atoms with E-state index in [0.717, 1.165) is 0 Å². The van der Waals surface area contributed by atoms with Crippen molar-refractivity contribution in [3.63, 3.8) is 0 Å². The number of allylic oxidation sites excluding steroid dienone is 4. The first kappa shape index (κ1) is 8.51. The number of hydrogen-bond donors (Lipinski definition) is 1.